The van der Waals surface area contributed by atoms with E-state index in [1.165, 1.54) is 12.8 Å². The maximum atomic E-state index is 5.91. The molecule has 0 bridgehead atoms. The quantitative estimate of drug-likeness (QED) is 0.820. The summed E-state index contributed by atoms with van der Waals surface area (Å²) < 4.78 is 5.13. The van der Waals surface area contributed by atoms with Gasteiger partial charge in [0, 0.05) is 37.6 Å². The summed E-state index contributed by atoms with van der Waals surface area (Å²) in [6, 6.07) is 2.59. The van der Waals surface area contributed by atoms with Crippen LogP contribution >= 0.6 is 0 Å². The second-order valence-corrected chi connectivity index (χ2v) is 4.32. The third kappa shape index (κ3) is 2.44. The third-order valence-corrected chi connectivity index (χ3v) is 2.95. The van der Waals surface area contributed by atoms with E-state index < -0.39 is 0 Å². The van der Waals surface area contributed by atoms with Crippen LogP contribution in [0.2, 0.25) is 0 Å². The molecule has 2 N–H and O–H groups in total. The van der Waals surface area contributed by atoms with Gasteiger partial charge in [0.1, 0.15) is 5.82 Å². The molecule has 1 heterocycles. The molecule has 1 saturated carbocycles. The van der Waals surface area contributed by atoms with E-state index in [0.29, 0.717) is 6.04 Å². The Morgan fingerprint density at radius 1 is 1.56 bits per heavy atom. The van der Waals surface area contributed by atoms with Gasteiger partial charge in [-0.3, -0.25) is 0 Å². The first-order valence-electron chi connectivity index (χ1n) is 5.70. The first-order valence-corrected chi connectivity index (χ1v) is 5.70. The number of rotatable bonds is 5. The monoisotopic (exact) mass is 221 g/mol. The minimum absolute atomic E-state index is 0.629. The van der Waals surface area contributed by atoms with Gasteiger partial charge in [-0.15, -0.1) is 0 Å². The summed E-state index contributed by atoms with van der Waals surface area (Å²) >= 11 is 0. The summed E-state index contributed by atoms with van der Waals surface area (Å²) in [4.78, 5) is 6.73. The van der Waals surface area contributed by atoms with Crippen molar-refractivity contribution in [3.63, 3.8) is 0 Å². The smallest absolute Gasteiger partial charge is 0.130 e. The number of hydrogen-bond acceptors (Lipinski definition) is 4. The molecule has 16 heavy (non-hydrogen) atoms. The van der Waals surface area contributed by atoms with Gasteiger partial charge >= 0.3 is 0 Å². The van der Waals surface area contributed by atoms with Gasteiger partial charge in [0.05, 0.1) is 6.61 Å². The Balaban J connectivity index is 2.14. The van der Waals surface area contributed by atoms with E-state index >= 15 is 0 Å². The fourth-order valence-corrected chi connectivity index (χ4v) is 1.74. The molecule has 4 nitrogen and oxygen atoms in total. The van der Waals surface area contributed by atoms with E-state index in [1.807, 2.05) is 19.2 Å². The Morgan fingerprint density at radius 3 is 2.88 bits per heavy atom. The number of aromatic nitrogens is 1. The molecule has 1 aromatic heterocycles. The van der Waals surface area contributed by atoms with Crippen molar-refractivity contribution in [1.82, 2.24) is 4.98 Å². The lowest BCUT2D eigenvalue weighted by Crippen LogP contribution is -2.30. The number of aryl methyl sites for hydroxylation is 1. The van der Waals surface area contributed by atoms with Crippen LogP contribution in [-0.2, 0) is 4.74 Å². The van der Waals surface area contributed by atoms with Crippen LogP contribution < -0.4 is 10.6 Å². The van der Waals surface area contributed by atoms with Crippen molar-refractivity contribution in [3.05, 3.63) is 17.8 Å². The minimum Gasteiger partial charge on any atom is -0.398 e. The molecule has 1 aliphatic carbocycles. The summed E-state index contributed by atoms with van der Waals surface area (Å²) in [5.41, 5.74) is 7.76. The lowest BCUT2D eigenvalue weighted by Gasteiger charge is -2.23. The second kappa shape index (κ2) is 4.70. The maximum absolute atomic E-state index is 5.91. The largest absolute Gasteiger partial charge is 0.398 e. The number of pyridine rings is 1. The molecule has 4 heteroatoms. The number of hydrogen-bond donors (Lipinski definition) is 1. The topological polar surface area (TPSA) is 51.4 Å². The van der Waals surface area contributed by atoms with E-state index in [1.54, 1.807) is 7.11 Å². The van der Waals surface area contributed by atoms with Crippen molar-refractivity contribution in [2.75, 3.05) is 30.9 Å². The molecule has 88 valence electrons. The first kappa shape index (κ1) is 11.2. The van der Waals surface area contributed by atoms with Crippen molar-refractivity contribution >= 4 is 11.5 Å². The highest BCUT2D eigenvalue weighted by Gasteiger charge is 2.29. The highest BCUT2D eigenvalue weighted by molar-refractivity contribution is 5.55. The maximum Gasteiger partial charge on any atom is 0.130 e. The lowest BCUT2D eigenvalue weighted by molar-refractivity contribution is 0.204. The Kier molecular flexibility index (Phi) is 3.29. The average Bonchev–Trinajstić information content (AvgIpc) is 3.08. The Bertz CT molecular complexity index is 363. The number of nitrogens with zero attached hydrogens (tertiary/aromatic N) is 2. The van der Waals surface area contributed by atoms with Gasteiger partial charge in [-0.05, 0) is 25.3 Å². The number of ether oxygens (including phenoxy) is 1. The summed E-state index contributed by atoms with van der Waals surface area (Å²) in [5, 5.41) is 0. The van der Waals surface area contributed by atoms with E-state index in [0.717, 1.165) is 30.2 Å². The molecule has 0 aromatic carbocycles. The van der Waals surface area contributed by atoms with Gasteiger partial charge in [0.2, 0.25) is 0 Å². The van der Waals surface area contributed by atoms with Gasteiger partial charge in [0.25, 0.3) is 0 Å². The molecule has 0 unspecified atom stereocenters. The lowest BCUT2D eigenvalue weighted by atomic mass is 10.2. The van der Waals surface area contributed by atoms with E-state index in [2.05, 4.69) is 9.88 Å². The van der Waals surface area contributed by atoms with Crippen molar-refractivity contribution in [2.24, 2.45) is 0 Å². The summed E-state index contributed by atoms with van der Waals surface area (Å²) in [5.74, 6) is 0.975. The number of nitrogens with two attached hydrogens (primary N) is 1. The van der Waals surface area contributed by atoms with Gasteiger partial charge < -0.3 is 15.4 Å². The highest BCUT2D eigenvalue weighted by Crippen LogP contribution is 2.31. The van der Waals surface area contributed by atoms with E-state index in [9.17, 15) is 0 Å². The molecule has 1 aromatic rings. The van der Waals surface area contributed by atoms with E-state index in [-0.39, 0.29) is 0 Å². The summed E-state index contributed by atoms with van der Waals surface area (Å²) in [6.45, 7) is 3.59. The van der Waals surface area contributed by atoms with Gasteiger partial charge in [-0.1, -0.05) is 0 Å². The summed E-state index contributed by atoms with van der Waals surface area (Å²) in [6.07, 6.45) is 4.34. The Hall–Kier alpha value is -1.29. The first-order chi connectivity index (χ1) is 7.72. The Morgan fingerprint density at radius 2 is 2.31 bits per heavy atom. The predicted octanol–water partition coefficient (Wildman–Crippen LogP) is 1.59. The summed E-state index contributed by atoms with van der Waals surface area (Å²) in [7, 11) is 1.72. The van der Waals surface area contributed by atoms with Crippen molar-refractivity contribution < 1.29 is 4.74 Å². The van der Waals surface area contributed by atoms with Crippen LogP contribution in [0.1, 0.15) is 18.4 Å². The average molecular weight is 221 g/mol. The highest BCUT2D eigenvalue weighted by atomic mass is 16.5. The van der Waals surface area contributed by atoms with Crippen molar-refractivity contribution in [3.8, 4) is 0 Å². The Labute approximate surface area is 96.4 Å². The second-order valence-electron chi connectivity index (χ2n) is 4.32. The SMILES string of the molecule is COCCN(c1cc(N)c(C)cn1)C1CC1. The number of methoxy groups -OCH3 is 1. The zero-order valence-corrected chi connectivity index (χ0v) is 9.94. The zero-order chi connectivity index (χ0) is 11.5. The molecule has 0 amide bonds. The van der Waals surface area contributed by atoms with Crippen LogP contribution in [-0.4, -0.2) is 31.3 Å². The third-order valence-electron chi connectivity index (χ3n) is 2.95. The molecule has 0 atom stereocenters. The van der Waals surface area contributed by atoms with Crippen LogP contribution in [0.5, 0.6) is 0 Å². The van der Waals surface area contributed by atoms with Gasteiger partial charge in [-0.25, -0.2) is 4.98 Å². The minimum atomic E-state index is 0.629. The molecule has 0 saturated heterocycles. The number of nitrogen functional groups attached to an aromatic ring is 1. The molecule has 1 aliphatic rings. The molecule has 0 radical (unpaired) electrons. The normalized spacial score (nSPS) is 15.1. The molecule has 0 aliphatic heterocycles. The van der Waals surface area contributed by atoms with Crippen LogP contribution in [0.3, 0.4) is 0 Å². The molecule has 1 fully saturated rings. The van der Waals surface area contributed by atoms with Crippen LogP contribution in [0, 0.1) is 6.92 Å². The van der Waals surface area contributed by atoms with Crippen LogP contribution in [0.15, 0.2) is 12.3 Å². The molecule has 2 rings (SSSR count). The van der Waals surface area contributed by atoms with Gasteiger partial charge in [-0.2, -0.15) is 0 Å². The van der Waals surface area contributed by atoms with Crippen molar-refractivity contribution in [2.45, 2.75) is 25.8 Å². The fraction of sp³-hybridized carbons (Fsp3) is 0.583. The van der Waals surface area contributed by atoms with Crippen LogP contribution in [0.4, 0.5) is 11.5 Å². The standard InChI is InChI=1S/C12H19N3O/c1-9-8-14-12(7-11(9)13)15(5-6-16-2)10-3-4-10/h7-8,10H,3-6H2,1-2H3,(H2,13,14). The van der Waals surface area contributed by atoms with Gasteiger partial charge in [0.15, 0.2) is 0 Å². The van der Waals surface area contributed by atoms with E-state index in [4.69, 9.17) is 10.5 Å². The molecule has 0 spiro atoms. The predicted molar refractivity (Wildman–Crippen MR) is 65.6 cm³/mol. The zero-order valence-electron chi connectivity index (χ0n) is 9.94. The van der Waals surface area contributed by atoms with Crippen molar-refractivity contribution in [1.29, 1.82) is 0 Å². The molecular weight excluding hydrogens is 202 g/mol. The number of anilines is 2. The molecular formula is C12H19N3O. The van der Waals surface area contributed by atoms with Crippen LogP contribution in [0.25, 0.3) is 0 Å². The fourth-order valence-electron chi connectivity index (χ4n) is 1.74.